The fraction of sp³-hybridized carbons (Fsp3) is 0.545. The normalized spacial score (nSPS) is 15.9. The Morgan fingerprint density at radius 1 is 1.67 bits per heavy atom. The Hall–Kier alpha value is -1.29. The fourth-order valence-electron chi connectivity index (χ4n) is 1.73. The zero-order valence-electron chi connectivity index (χ0n) is 8.99. The SMILES string of the molecule is Cc1cc(CN(C)C2CC2)oc1C(=O)O. The first-order valence-corrected chi connectivity index (χ1v) is 5.11. The van der Waals surface area contributed by atoms with Crippen LogP contribution in [-0.4, -0.2) is 29.1 Å². The molecule has 1 heterocycles. The summed E-state index contributed by atoms with van der Waals surface area (Å²) < 4.78 is 5.28. The highest BCUT2D eigenvalue weighted by Crippen LogP contribution is 2.27. The van der Waals surface area contributed by atoms with E-state index in [0.29, 0.717) is 18.2 Å². The van der Waals surface area contributed by atoms with Crippen LogP contribution in [-0.2, 0) is 6.54 Å². The van der Waals surface area contributed by atoms with E-state index in [2.05, 4.69) is 4.90 Å². The van der Waals surface area contributed by atoms with Crippen LogP contribution in [0.5, 0.6) is 0 Å². The highest BCUT2D eigenvalue weighted by atomic mass is 16.4. The predicted octanol–water partition coefficient (Wildman–Crippen LogP) is 1.88. The molecule has 0 unspecified atom stereocenters. The molecule has 0 amide bonds. The Kier molecular flexibility index (Phi) is 2.52. The topological polar surface area (TPSA) is 53.7 Å². The maximum Gasteiger partial charge on any atom is 0.372 e. The Morgan fingerprint density at radius 2 is 2.33 bits per heavy atom. The van der Waals surface area contributed by atoms with E-state index in [1.54, 1.807) is 6.92 Å². The summed E-state index contributed by atoms with van der Waals surface area (Å²) >= 11 is 0. The number of carboxylic acid groups (broad SMARTS) is 1. The molecule has 0 radical (unpaired) electrons. The van der Waals surface area contributed by atoms with Crippen molar-refractivity contribution >= 4 is 5.97 Å². The summed E-state index contributed by atoms with van der Waals surface area (Å²) in [4.78, 5) is 13.0. The number of furan rings is 1. The number of carboxylic acids is 1. The van der Waals surface area contributed by atoms with E-state index in [9.17, 15) is 4.79 Å². The fourth-order valence-corrected chi connectivity index (χ4v) is 1.73. The Labute approximate surface area is 88.5 Å². The molecule has 15 heavy (non-hydrogen) atoms. The van der Waals surface area contributed by atoms with Crippen LogP contribution in [0.3, 0.4) is 0 Å². The van der Waals surface area contributed by atoms with Crippen molar-refractivity contribution in [3.05, 3.63) is 23.2 Å². The molecule has 1 aromatic rings. The lowest BCUT2D eigenvalue weighted by atomic mass is 10.2. The summed E-state index contributed by atoms with van der Waals surface area (Å²) in [5.41, 5.74) is 0.696. The van der Waals surface area contributed by atoms with Gasteiger partial charge in [0.1, 0.15) is 5.76 Å². The molecule has 0 bridgehead atoms. The van der Waals surface area contributed by atoms with Gasteiger partial charge in [0.2, 0.25) is 5.76 Å². The molecular weight excluding hydrogens is 194 g/mol. The van der Waals surface area contributed by atoms with Gasteiger partial charge < -0.3 is 9.52 Å². The van der Waals surface area contributed by atoms with Crippen molar-refractivity contribution in [3.8, 4) is 0 Å². The first kappa shape index (κ1) is 10.2. The average Bonchev–Trinajstić information content (AvgIpc) is 2.91. The molecule has 1 aliphatic rings. The second-order valence-corrected chi connectivity index (χ2v) is 4.18. The van der Waals surface area contributed by atoms with Crippen molar-refractivity contribution in [1.29, 1.82) is 0 Å². The van der Waals surface area contributed by atoms with Crippen LogP contribution in [0.1, 0.15) is 34.7 Å². The second-order valence-electron chi connectivity index (χ2n) is 4.18. The lowest BCUT2D eigenvalue weighted by Gasteiger charge is -2.12. The van der Waals surface area contributed by atoms with Crippen LogP contribution < -0.4 is 0 Å². The molecule has 4 heteroatoms. The first-order chi connectivity index (χ1) is 7.08. The monoisotopic (exact) mass is 209 g/mol. The largest absolute Gasteiger partial charge is 0.475 e. The lowest BCUT2D eigenvalue weighted by Crippen LogP contribution is -2.19. The standard InChI is InChI=1S/C11H15NO3/c1-7-5-9(15-10(7)11(13)14)6-12(2)8-3-4-8/h5,8H,3-4,6H2,1-2H3,(H,13,14). The van der Waals surface area contributed by atoms with Crippen molar-refractivity contribution in [2.45, 2.75) is 32.4 Å². The molecule has 0 atom stereocenters. The van der Waals surface area contributed by atoms with E-state index in [4.69, 9.17) is 9.52 Å². The number of aryl methyl sites for hydroxylation is 1. The minimum Gasteiger partial charge on any atom is -0.475 e. The molecule has 0 aromatic carbocycles. The molecule has 1 fully saturated rings. The molecule has 1 aromatic heterocycles. The Bertz CT molecular complexity index is 379. The van der Waals surface area contributed by atoms with Crippen LogP contribution in [0.2, 0.25) is 0 Å². The van der Waals surface area contributed by atoms with Crippen molar-refractivity contribution in [3.63, 3.8) is 0 Å². The third-order valence-corrected chi connectivity index (χ3v) is 2.74. The van der Waals surface area contributed by atoms with Crippen LogP contribution in [0, 0.1) is 6.92 Å². The number of carbonyl (C=O) groups is 1. The van der Waals surface area contributed by atoms with Crippen molar-refractivity contribution < 1.29 is 14.3 Å². The van der Waals surface area contributed by atoms with Gasteiger partial charge in [0.15, 0.2) is 0 Å². The smallest absolute Gasteiger partial charge is 0.372 e. The summed E-state index contributed by atoms with van der Waals surface area (Å²) in [5, 5.41) is 8.83. The Balaban J connectivity index is 2.08. The van der Waals surface area contributed by atoms with Crippen LogP contribution in [0.25, 0.3) is 0 Å². The minimum atomic E-state index is -0.993. The highest BCUT2D eigenvalue weighted by molar-refractivity contribution is 5.86. The zero-order valence-corrected chi connectivity index (χ0v) is 8.99. The number of hydrogen-bond acceptors (Lipinski definition) is 3. The number of rotatable bonds is 4. The van der Waals surface area contributed by atoms with Gasteiger partial charge in [-0.25, -0.2) is 4.79 Å². The molecule has 1 aliphatic carbocycles. The summed E-state index contributed by atoms with van der Waals surface area (Å²) in [6.45, 7) is 2.45. The maximum atomic E-state index is 10.8. The number of hydrogen-bond donors (Lipinski definition) is 1. The third kappa shape index (κ3) is 2.21. The Morgan fingerprint density at radius 3 is 2.80 bits per heavy atom. The van der Waals surface area contributed by atoms with Crippen molar-refractivity contribution in [2.75, 3.05) is 7.05 Å². The van der Waals surface area contributed by atoms with Crippen molar-refractivity contribution in [1.82, 2.24) is 4.90 Å². The van der Waals surface area contributed by atoms with Crippen LogP contribution in [0.4, 0.5) is 0 Å². The molecule has 2 rings (SSSR count). The quantitative estimate of drug-likeness (QED) is 0.822. The van der Waals surface area contributed by atoms with Gasteiger partial charge in [0.05, 0.1) is 6.54 Å². The molecule has 1 saturated carbocycles. The van der Waals surface area contributed by atoms with Gasteiger partial charge in [-0.05, 0) is 32.9 Å². The van der Waals surface area contributed by atoms with Gasteiger partial charge in [-0.3, -0.25) is 4.90 Å². The highest BCUT2D eigenvalue weighted by Gasteiger charge is 2.27. The first-order valence-electron chi connectivity index (χ1n) is 5.11. The third-order valence-electron chi connectivity index (χ3n) is 2.74. The van der Waals surface area contributed by atoms with Gasteiger partial charge in [-0.15, -0.1) is 0 Å². The summed E-state index contributed by atoms with van der Waals surface area (Å²) in [7, 11) is 2.04. The molecule has 1 N–H and O–H groups in total. The average molecular weight is 209 g/mol. The minimum absolute atomic E-state index is 0.0641. The zero-order chi connectivity index (χ0) is 11.0. The van der Waals surface area contributed by atoms with E-state index < -0.39 is 5.97 Å². The second kappa shape index (κ2) is 3.70. The van der Waals surface area contributed by atoms with E-state index in [0.717, 1.165) is 5.76 Å². The van der Waals surface area contributed by atoms with Crippen LogP contribution in [0.15, 0.2) is 10.5 Å². The maximum absolute atomic E-state index is 10.8. The molecular formula is C11H15NO3. The summed E-state index contributed by atoms with van der Waals surface area (Å²) in [6, 6.07) is 2.46. The molecule has 0 spiro atoms. The summed E-state index contributed by atoms with van der Waals surface area (Å²) in [6.07, 6.45) is 2.48. The van der Waals surface area contributed by atoms with Gasteiger partial charge >= 0.3 is 5.97 Å². The van der Waals surface area contributed by atoms with Gasteiger partial charge in [0.25, 0.3) is 0 Å². The van der Waals surface area contributed by atoms with E-state index >= 15 is 0 Å². The molecule has 0 saturated heterocycles. The summed E-state index contributed by atoms with van der Waals surface area (Å²) in [5.74, 6) is -0.193. The van der Waals surface area contributed by atoms with Gasteiger partial charge in [-0.2, -0.15) is 0 Å². The molecule has 0 aliphatic heterocycles. The lowest BCUT2D eigenvalue weighted by molar-refractivity contribution is 0.0657. The van der Waals surface area contributed by atoms with Crippen molar-refractivity contribution in [2.24, 2.45) is 0 Å². The predicted molar refractivity (Wildman–Crippen MR) is 54.9 cm³/mol. The van der Waals surface area contributed by atoms with E-state index in [1.165, 1.54) is 12.8 Å². The van der Waals surface area contributed by atoms with Gasteiger partial charge in [0, 0.05) is 11.6 Å². The van der Waals surface area contributed by atoms with E-state index in [-0.39, 0.29) is 5.76 Å². The molecule has 82 valence electrons. The van der Waals surface area contributed by atoms with Gasteiger partial charge in [-0.1, -0.05) is 0 Å². The number of nitrogens with zero attached hydrogens (tertiary/aromatic N) is 1. The van der Waals surface area contributed by atoms with Crippen LogP contribution >= 0.6 is 0 Å². The molecule has 4 nitrogen and oxygen atoms in total. The number of aromatic carboxylic acids is 1. The van der Waals surface area contributed by atoms with E-state index in [1.807, 2.05) is 13.1 Å².